The minimum Gasteiger partial charge on any atom is -0.313 e. The lowest BCUT2D eigenvalue weighted by molar-refractivity contribution is 0.183. The molecule has 3 heteroatoms. The van der Waals surface area contributed by atoms with Crippen molar-refractivity contribution in [3.63, 3.8) is 0 Å². The molecule has 2 rings (SSSR count). The molecular weight excluding hydrogens is 258 g/mol. The van der Waals surface area contributed by atoms with Crippen molar-refractivity contribution in [3.05, 3.63) is 30.1 Å². The molecule has 0 aromatic carbocycles. The van der Waals surface area contributed by atoms with Crippen LogP contribution < -0.4 is 5.32 Å². The van der Waals surface area contributed by atoms with Gasteiger partial charge in [-0.15, -0.1) is 0 Å². The van der Waals surface area contributed by atoms with Gasteiger partial charge in [-0.3, -0.25) is 9.88 Å². The minimum atomic E-state index is 0.638. The van der Waals surface area contributed by atoms with Crippen molar-refractivity contribution in [2.24, 2.45) is 5.92 Å². The third-order valence-corrected chi connectivity index (χ3v) is 4.70. The monoisotopic (exact) mass is 289 g/mol. The van der Waals surface area contributed by atoms with Gasteiger partial charge in [0.1, 0.15) is 0 Å². The molecule has 3 nitrogen and oxygen atoms in total. The molecular formula is C18H31N3. The molecule has 1 unspecified atom stereocenters. The van der Waals surface area contributed by atoms with E-state index in [1.54, 1.807) is 0 Å². The van der Waals surface area contributed by atoms with Gasteiger partial charge in [-0.05, 0) is 44.0 Å². The van der Waals surface area contributed by atoms with Crippen LogP contribution in [0.1, 0.15) is 51.6 Å². The largest absolute Gasteiger partial charge is 0.313 e. The Hall–Kier alpha value is -0.930. The second-order valence-electron chi connectivity index (χ2n) is 6.21. The summed E-state index contributed by atoms with van der Waals surface area (Å²) >= 11 is 0. The second kappa shape index (κ2) is 9.16. The number of rotatable bonds is 8. The van der Waals surface area contributed by atoms with Crippen LogP contribution in [-0.4, -0.2) is 35.6 Å². The normalized spacial score (nSPS) is 18.0. The summed E-state index contributed by atoms with van der Waals surface area (Å²) < 4.78 is 0. The molecule has 1 aromatic rings. The smallest absolute Gasteiger partial charge is 0.0543 e. The maximum absolute atomic E-state index is 4.47. The molecule has 1 N–H and O–H groups in total. The molecule has 118 valence electrons. The lowest BCUT2D eigenvalue weighted by Crippen LogP contribution is -2.46. The van der Waals surface area contributed by atoms with Gasteiger partial charge in [0.2, 0.25) is 0 Å². The lowest BCUT2D eigenvalue weighted by atomic mass is 9.83. The number of nitrogens with one attached hydrogen (secondary N) is 1. The molecule has 1 heterocycles. The average Bonchev–Trinajstić information content (AvgIpc) is 2.55. The van der Waals surface area contributed by atoms with E-state index in [4.69, 9.17) is 0 Å². The van der Waals surface area contributed by atoms with E-state index in [0.717, 1.165) is 32.1 Å². The Balaban J connectivity index is 1.92. The Bertz CT molecular complexity index is 373. The fraction of sp³-hybridized carbons (Fsp3) is 0.722. The highest BCUT2D eigenvalue weighted by Crippen LogP contribution is 2.27. The minimum absolute atomic E-state index is 0.638. The first-order valence-corrected chi connectivity index (χ1v) is 8.69. The van der Waals surface area contributed by atoms with Gasteiger partial charge in [-0.25, -0.2) is 0 Å². The highest BCUT2D eigenvalue weighted by Gasteiger charge is 2.24. The number of hydrogen-bond donors (Lipinski definition) is 1. The first-order valence-electron chi connectivity index (χ1n) is 8.69. The highest BCUT2D eigenvalue weighted by atomic mass is 15.2. The maximum Gasteiger partial charge on any atom is 0.0543 e. The van der Waals surface area contributed by atoms with E-state index in [0.29, 0.717) is 6.04 Å². The zero-order chi connectivity index (χ0) is 14.9. The molecule has 0 amide bonds. The topological polar surface area (TPSA) is 28.2 Å². The van der Waals surface area contributed by atoms with Gasteiger partial charge in [0.25, 0.3) is 0 Å². The van der Waals surface area contributed by atoms with Crippen LogP contribution in [0.15, 0.2) is 24.4 Å². The molecule has 1 fully saturated rings. The van der Waals surface area contributed by atoms with Crippen molar-refractivity contribution in [1.29, 1.82) is 0 Å². The summed E-state index contributed by atoms with van der Waals surface area (Å²) in [6, 6.07) is 6.84. The van der Waals surface area contributed by atoms with Crippen LogP contribution in [0.25, 0.3) is 0 Å². The van der Waals surface area contributed by atoms with Crippen LogP contribution in [0.4, 0.5) is 0 Å². The van der Waals surface area contributed by atoms with E-state index in [9.17, 15) is 0 Å². The van der Waals surface area contributed by atoms with Crippen LogP contribution in [-0.2, 0) is 6.54 Å². The summed E-state index contributed by atoms with van der Waals surface area (Å²) in [4.78, 5) is 7.00. The van der Waals surface area contributed by atoms with E-state index in [1.807, 2.05) is 12.3 Å². The summed E-state index contributed by atoms with van der Waals surface area (Å²) in [7, 11) is 0. The second-order valence-corrected chi connectivity index (χ2v) is 6.21. The van der Waals surface area contributed by atoms with Crippen molar-refractivity contribution in [2.75, 3.05) is 19.6 Å². The summed E-state index contributed by atoms with van der Waals surface area (Å²) in [5, 5.41) is 3.74. The first kappa shape index (κ1) is 16.4. The molecule has 1 saturated carbocycles. The lowest BCUT2D eigenvalue weighted by Gasteiger charge is -2.34. The van der Waals surface area contributed by atoms with Gasteiger partial charge in [0, 0.05) is 25.3 Å². The molecule has 0 radical (unpaired) electrons. The van der Waals surface area contributed by atoms with Gasteiger partial charge in [-0.1, -0.05) is 39.2 Å². The quantitative estimate of drug-likeness (QED) is 0.794. The number of pyridine rings is 1. The molecule has 0 bridgehead atoms. The van der Waals surface area contributed by atoms with Gasteiger partial charge in [0.15, 0.2) is 0 Å². The first-order chi connectivity index (χ1) is 10.3. The summed E-state index contributed by atoms with van der Waals surface area (Å²) in [6.07, 6.45) is 8.96. The number of nitrogens with zero attached hydrogens (tertiary/aromatic N) is 2. The number of aromatic nitrogens is 1. The van der Waals surface area contributed by atoms with E-state index < -0.39 is 0 Å². The van der Waals surface area contributed by atoms with Gasteiger partial charge in [-0.2, -0.15) is 0 Å². The highest BCUT2D eigenvalue weighted by molar-refractivity contribution is 5.03. The van der Waals surface area contributed by atoms with Crippen LogP contribution >= 0.6 is 0 Å². The molecule has 21 heavy (non-hydrogen) atoms. The Morgan fingerprint density at radius 3 is 2.67 bits per heavy atom. The van der Waals surface area contributed by atoms with Gasteiger partial charge < -0.3 is 5.32 Å². The van der Waals surface area contributed by atoms with Crippen molar-refractivity contribution in [1.82, 2.24) is 15.2 Å². The van der Waals surface area contributed by atoms with Crippen LogP contribution in [0.5, 0.6) is 0 Å². The van der Waals surface area contributed by atoms with E-state index in [1.165, 1.54) is 37.8 Å². The average molecular weight is 289 g/mol. The zero-order valence-corrected chi connectivity index (χ0v) is 13.7. The summed E-state index contributed by atoms with van der Waals surface area (Å²) in [5.74, 6) is 0.858. The maximum atomic E-state index is 4.47. The van der Waals surface area contributed by atoms with Crippen molar-refractivity contribution >= 4 is 0 Å². The summed E-state index contributed by atoms with van der Waals surface area (Å²) in [5.41, 5.74) is 1.18. The molecule has 1 atom stereocenters. The van der Waals surface area contributed by atoms with E-state index in [-0.39, 0.29) is 0 Å². The van der Waals surface area contributed by atoms with Crippen molar-refractivity contribution in [3.8, 4) is 0 Å². The number of hydrogen-bond acceptors (Lipinski definition) is 3. The number of likely N-dealkylation sites (N-methyl/N-ethyl adjacent to an activating group) is 2. The Morgan fingerprint density at radius 2 is 2.05 bits per heavy atom. The predicted molar refractivity (Wildman–Crippen MR) is 89.2 cm³/mol. The summed E-state index contributed by atoms with van der Waals surface area (Å²) in [6.45, 7) is 8.75. The van der Waals surface area contributed by atoms with E-state index >= 15 is 0 Å². The van der Waals surface area contributed by atoms with Gasteiger partial charge >= 0.3 is 0 Å². The Morgan fingerprint density at radius 1 is 1.24 bits per heavy atom. The molecule has 0 saturated heterocycles. The van der Waals surface area contributed by atoms with Crippen molar-refractivity contribution < 1.29 is 0 Å². The Kier molecular flexibility index (Phi) is 7.17. The Labute approximate surface area is 130 Å². The van der Waals surface area contributed by atoms with Gasteiger partial charge in [0.05, 0.1) is 5.69 Å². The van der Waals surface area contributed by atoms with Crippen LogP contribution in [0, 0.1) is 5.92 Å². The fourth-order valence-electron chi connectivity index (χ4n) is 3.48. The predicted octanol–water partition coefficient (Wildman–Crippen LogP) is 3.46. The molecule has 0 spiro atoms. The van der Waals surface area contributed by atoms with Crippen LogP contribution in [0.3, 0.4) is 0 Å². The molecule has 1 aliphatic carbocycles. The van der Waals surface area contributed by atoms with Crippen molar-refractivity contribution in [2.45, 2.75) is 58.5 Å². The zero-order valence-electron chi connectivity index (χ0n) is 13.7. The van der Waals surface area contributed by atoms with Crippen LogP contribution in [0.2, 0.25) is 0 Å². The molecule has 1 aromatic heterocycles. The molecule has 1 aliphatic rings. The van der Waals surface area contributed by atoms with E-state index in [2.05, 4.69) is 41.2 Å². The third-order valence-electron chi connectivity index (χ3n) is 4.70. The third kappa shape index (κ3) is 5.40. The standard InChI is InChI=1S/C18H31N3/c1-3-19-18(16-10-6-5-7-11-16)15-21(4-2)14-17-12-8-9-13-20-17/h8-9,12-13,16,18-19H,3-7,10-11,14-15H2,1-2H3. The molecule has 0 aliphatic heterocycles. The SMILES string of the molecule is CCNC(CN(CC)Cc1ccccn1)C1CCCCC1. The fourth-order valence-corrected chi connectivity index (χ4v) is 3.48.